The fraction of sp³-hybridized carbons (Fsp3) is 0.538. The largest absolute Gasteiger partial charge is 0.207 e. The molecule has 0 aromatic carbocycles. The molecule has 0 heterocycles. The normalized spacial score (nSPS) is 11.1. The summed E-state index contributed by atoms with van der Waals surface area (Å²) in [7, 11) is 0. The predicted molar refractivity (Wildman–Crippen MR) is 64.0 cm³/mol. The second kappa shape index (κ2) is 12.2. The molecule has 0 saturated heterocycles. The molecule has 0 fully saturated rings. The number of hydrogen-bond donors (Lipinski definition) is 0. The van der Waals surface area contributed by atoms with Gasteiger partial charge in [-0.2, -0.15) is 0 Å². The first kappa shape index (κ1) is 15.6. The van der Waals surface area contributed by atoms with Crippen molar-refractivity contribution < 1.29 is 4.39 Å². The van der Waals surface area contributed by atoms with Crippen LogP contribution in [0.4, 0.5) is 4.39 Å². The minimum absolute atomic E-state index is 0.161. The third kappa shape index (κ3) is 11.2. The maximum atomic E-state index is 12.8. The van der Waals surface area contributed by atoms with Gasteiger partial charge in [-0.15, -0.1) is 0 Å². The Morgan fingerprint density at radius 2 is 1.79 bits per heavy atom. The van der Waals surface area contributed by atoms with Crippen LogP contribution in [0.15, 0.2) is 36.2 Å². The summed E-state index contributed by atoms with van der Waals surface area (Å²) in [6.07, 6.45) is 7.45. The van der Waals surface area contributed by atoms with Gasteiger partial charge in [0.15, 0.2) is 0 Å². The van der Waals surface area contributed by atoms with Crippen LogP contribution in [-0.2, 0) is 0 Å². The molecule has 0 unspecified atom stereocenters. The van der Waals surface area contributed by atoms with Gasteiger partial charge in [0.2, 0.25) is 0 Å². The Hall–Kier alpha value is -0.850. The molecule has 82 valence electrons. The molecule has 0 saturated carbocycles. The van der Waals surface area contributed by atoms with Crippen LogP contribution in [0.2, 0.25) is 0 Å². The highest BCUT2D eigenvalue weighted by molar-refractivity contribution is 5.21. The van der Waals surface area contributed by atoms with Crippen molar-refractivity contribution in [2.45, 2.75) is 47.0 Å². The minimum Gasteiger partial charge on any atom is -0.207 e. The summed E-state index contributed by atoms with van der Waals surface area (Å²) in [4.78, 5) is 0. The number of halogens is 1. The van der Waals surface area contributed by atoms with Gasteiger partial charge in [-0.1, -0.05) is 52.3 Å². The molecular formula is C13H23F. The molecule has 0 aliphatic carbocycles. The van der Waals surface area contributed by atoms with E-state index in [0.29, 0.717) is 0 Å². The topological polar surface area (TPSA) is 0 Å². The summed E-state index contributed by atoms with van der Waals surface area (Å²) >= 11 is 0. The summed E-state index contributed by atoms with van der Waals surface area (Å²) in [5, 5.41) is 0. The Kier molecular flexibility index (Phi) is 13.6. The SMILES string of the molecule is C=C(/C=C\C(F)=C\CCC)CC.CC. The van der Waals surface area contributed by atoms with Crippen LogP contribution in [0.1, 0.15) is 47.0 Å². The van der Waals surface area contributed by atoms with Gasteiger partial charge in [-0.3, -0.25) is 0 Å². The monoisotopic (exact) mass is 198 g/mol. The molecular weight excluding hydrogens is 175 g/mol. The molecule has 0 spiro atoms. The third-order valence-electron chi connectivity index (χ3n) is 1.56. The van der Waals surface area contributed by atoms with Crippen molar-refractivity contribution in [1.82, 2.24) is 0 Å². The van der Waals surface area contributed by atoms with E-state index in [1.54, 1.807) is 12.2 Å². The Balaban J connectivity index is 0. The molecule has 0 aromatic heterocycles. The highest BCUT2D eigenvalue weighted by atomic mass is 19.1. The lowest BCUT2D eigenvalue weighted by Gasteiger charge is -1.91. The lowest BCUT2D eigenvalue weighted by molar-refractivity contribution is 0.658. The van der Waals surface area contributed by atoms with Crippen LogP contribution in [0.3, 0.4) is 0 Å². The van der Waals surface area contributed by atoms with Crippen molar-refractivity contribution in [3.8, 4) is 0 Å². The minimum atomic E-state index is -0.161. The molecule has 1 heteroatoms. The molecule has 14 heavy (non-hydrogen) atoms. The lowest BCUT2D eigenvalue weighted by Crippen LogP contribution is -1.71. The quantitative estimate of drug-likeness (QED) is 0.533. The van der Waals surface area contributed by atoms with E-state index in [1.165, 1.54) is 6.08 Å². The fourth-order valence-corrected chi connectivity index (χ4v) is 0.666. The van der Waals surface area contributed by atoms with Crippen molar-refractivity contribution in [2.24, 2.45) is 0 Å². The van der Waals surface area contributed by atoms with Crippen molar-refractivity contribution in [3.05, 3.63) is 36.2 Å². The molecule has 0 nitrogen and oxygen atoms in total. The summed E-state index contributed by atoms with van der Waals surface area (Å²) in [6.45, 7) is 11.8. The maximum Gasteiger partial charge on any atom is 0.119 e. The molecule has 0 N–H and O–H groups in total. The van der Waals surface area contributed by atoms with Gasteiger partial charge in [0.25, 0.3) is 0 Å². The Labute approximate surface area is 88.2 Å². The second-order valence-electron chi connectivity index (χ2n) is 2.72. The number of rotatable bonds is 5. The number of unbranched alkanes of at least 4 members (excludes halogenated alkanes) is 1. The van der Waals surface area contributed by atoms with Crippen LogP contribution < -0.4 is 0 Å². The number of hydrogen-bond acceptors (Lipinski definition) is 0. The highest BCUT2D eigenvalue weighted by Gasteiger charge is 1.86. The lowest BCUT2D eigenvalue weighted by atomic mass is 10.2. The van der Waals surface area contributed by atoms with Crippen molar-refractivity contribution in [3.63, 3.8) is 0 Å². The fourth-order valence-electron chi connectivity index (χ4n) is 0.666. The van der Waals surface area contributed by atoms with Gasteiger partial charge in [0, 0.05) is 0 Å². The van der Waals surface area contributed by atoms with E-state index in [0.717, 1.165) is 24.8 Å². The second-order valence-corrected chi connectivity index (χ2v) is 2.72. The molecule has 0 aliphatic heterocycles. The van der Waals surface area contributed by atoms with Gasteiger partial charge < -0.3 is 0 Å². The summed E-state index contributed by atoms with van der Waals surface area (Å²) < 4.78 is 12.8. The average Bonchev–Trinajstić information content (AvgIpc) is 2.25. The Morgan fingerprint density at radius 1 is 1.21 bits per heavy atom. The zero-order valence-corrected chi connectivity index (χ0v) is 9.94. The molecule has 0 atom stereocenters. The van der Waals surface area contributed by atoms with E-state index in [9.17, 15) is 4.39 Å². The highest BCUT2D eigenvalue weighted by Crippen LogP contribution is 2.05. The summed E-state index contributed by atoms with van der Waals surface area (Å²) in [5.41, 5.74) is 0.954. The standard InChI is InChI=1S/C11H17F.C2H6/c1-4-6-7-11(12)9-8-10(3)5-2;1-2/h7-9H,3-6H2,1-2H3;1-2H3/b9-8-,11-7-;. The average molecular weight is 198 g/mol. The van der Waals surface area contributed by atoms with Gasteiger partial charge in [-0.25, -0.2) is 4.39 Å². The van der Waals surface area contributed by atoms with E-state index < -0.39 is 0 Å². The van der Waals surface area contributed by atoms with E-state index in [4.69, 9.17) is 0 Å². The molecule has 0 rings (SSSR count). The van der Waals surface area contributed by atoms with Crippen LogP contribution >= 0.6 is 0 Å². The molecule has 0 amide bonds. The van der Waals surface area contributed by atoms with Crippen LogP contribution in [0.5, 0.6) is 0 Å². The summed E-state index contributed by atoms with van der Waals surface area (Å²) in [6, 6.07) is 0. The zero-order valence-electron chi connectivity index (χ0n) is 9.94. The van der Waals surface area contributed by atoms with Crippen LogP contribution in [0, 0.1) is 0 Å². The Bertz CT molecular complexity index is 187. The molecule has 0 bridgehead atoms. The molecule has 0 aliphatic rings. The molecule has 0 radical (unpaired) electrons. The predicted octanol–water partition coefficient (Wildman–Crippen LogP) is 5.19. The van der Waals surface area contributed by atoms with Gasteiger partial charge >= 0.3 is 0 Å². The smallest absolute Gasteiger partial charge is 0.119 e. The Morgan fingerprint density at radius 3 is 2.21 bits per heavy atom. The zero-order chi connectivity index (χ0) is 11.4. The van der Waals surface area contributed by atoms with Crippen LogP contribution in [-0.4, -0.2) is 0 Å². The van der Waals surface area contributed by atoms with Gasteiger partial charge in [0.1, 0.15) is 5.83 Å². The van der Waals surface area contributed by atoms with Gasteiger partial charge in [-0.05, 0) is 25.0 Å². The van der Waals surface area contributed by atoms with E-state index in [1.807, 2.05) is 27.7 Å². The van der Waals surface area contributed by atoms with Crippen molar-refractivity contribution in [2.75, 3.05) is 0 Å². The first-order chi connectivity index (χ1) is 6.70. The van der Waals surface area contributed by atoms with Crippen LogP contribution in [0.25, 0.3) is 0 Å². The molecule has 0 aromatic rings. The first-order valence-electron chi connectivity index (χ1n) is 5.42. The van der Waals surface area contributed by atoms with E-state index in [-0.39, 0.29) is 5.83 Å². The van der Waals surface area contributed by atoms with E-state index in [2.05, 4.69) is 6.58 Å². The van der Waals surface area contributed by atoms with Crippen molar-refractivity contribution >= 4 is 0 Å². The first-order valence-corrected chi connectivity index (χ1v) is 5.42. The summed E-state index contributed by atoms with van der Waals surface area (Å²) in [5.74, 6) is -0.161. The van der Waals surface area contributed by atoms with Gasteiger partial charge in [0.05, 0.1) is 0 Å². The van der Waals surface area contributed by atoms with E-state index >= 15 is 0 Å². The third-order valence-corrected chi connectivity index (χ3v) is 1.56. The maximum absolute atomic E-state index is 12.8. The van der Waals surface area contributed by atoms with Crippen molar-refractivity contribution in [1.29, 1.82) is 0 Å². The number of allylic oxidation sites excluding steroid dienone is 5.